The minimum atomic E-state index is 0.00680. The van der Waals surface area contributed by atoms with E-state index in [1.165, 1.54) is 11.1 Å². The highest BCUT2D eigenvalue weighted by atomic mass is 16.2. The van der Waals surface area contributed by atoms with Crippen LogP contribution in [0.2, 0.25) is 0 Å². The molecule has 2 aromatic carbocycles. The van der Waals surface area contributed by atoms with Crippen LogP contribution in [0.1, 0.15) is 42.3 Å². The van der Waals surface area contributed by atoms with E-state index >= 15 is 0 Å². The van der Waals surface area contributed by atoms with E-state index in [0.29, 0.717) is 0 Å². The van der Waals surface area contributed by atoms with Gasteiger partial charge in [-0.3, -0.25) is 9.89 Å². The van der Waals surface area contributed by atoms with Gasteiger partial charge in [-0.25, -0.2) is 0 Å². The number of benzene rings is 2. The van der Waals surface area contributed by atoms with E-state index in [2.05, 4.69) is 60.1 Å². The van der Waals surface area contributed by atoms with Gasteiger partial charge in [0.15, 0.2) is 0 Å². The van der Waals surface area contributed by atoms with Gasteiger partial charge in [-0.05, 0) is 47.6 Å². The Kier molecular flexibility index (Phi) is 4.06. The maximum absolute atomic E-state index is 13.4. The fraction of sp³-hybridized carbons (Fsp3) is 0.364. The molecule has 0 aliphatic carbocycles. The number of hydrogen-bond donors (Lipinski definition) is 1. The number of hydrogen-bond acceptors (Lipinski definition) is 2. The minimum Gasteiger partial charge on any atom is -0.334 e. The summed E-state index contributed by atoms with van der Waals surface area (Å²) in [5.41, 5.74) is 4.43. The third-order valence-corrected chi connectivity index (χ3v) is 5.48. The Labute approximate surface area is 154 Å². The van der Waals surface area contributed by atoms with Crippen molar-refractivity contribution in [3.05, 3.63) is 65.4 Å². The van der Waals surface area contributed by atoms with Crippen LogP contribution in [0, 0.1) is 5.41 Å². The number of carbonyl (C=O) groups excluding carboxylic acids is 1. The molecule has 1 amide bonds. The summed E-state index contributed by atoms with van der Waals surface area (Å²) in [6, 6.07) is 14.5. The van der Waals surface area contributed by atoms with Crippen LogP contribution in [-0.4, -0.2) is 33.6 Å². The third kappa shape index (κ3) is 3.00. The van der Waals surface area contributed by atoms with Crippen LogP contribution in [-0.2, 0) is 12.8 Å². The Morgan fingerprint density at radius 1 is 1.15 bits per heavy atom. The van der Waals surface area contributed by atoms with Gasteiger partial charge < -0.3 is 4.90 Å². The molecule has 1 atom stereocenters. The molecule has 0 saturated heterocycles. The summed E-state index contributed by atoms with van der Waals surface area (Å²) in [6.45, 7) is 7.43. The fourth-order valence-electron chi connectivity index (χ4n) is 3.97. The summed E-state index contributed by atoms with van der Waals surface area (Å²) in [4.78, 5) is 15.5. The van der Waals surface area contributed by atoms with Gasteiger partial charge in [0.05, 0.1) is 11.7 Å². The maximum atomic E-state index is 13.4. The smallest absolute Gasteiger partial charge is 0.254 e. The number of nitrogens with zero attached hydrogens (tertiary/aromatic N) is 2. The molecule has 4 heteroatoms. The van der Waals surface area contributed by atoms with E-state index in [1.807, 2.05) is 18.2 Å². The molecule has 0 unspecified atom stereocenters. The molecular formula is C22H25N3O. The highest BCUT2D eigenvalue weighted by Gasteiger charge is 2.36. The summed E-state index contributed by atoms with van der Waals surface area (Å²) in [5, 5.41) is 7.98. The second kappa shape index (κ2) is 6.27. The monoisotopic (exact) mass is 347 g/mol. The molecule has 0 spiro atoms. The lowest BCUT2D eigenvalue weighted by Gasteiger charge is -2.39. The van der Waals surface area contributed by atoms with Crippen LogP contribution in [0.4, 0.5) is 0 Å². The van der Waals surface area contributed by atoms with Crippen LogP contribution in [0.15, 0.2) is 48.7 Å². The highest BCUT2D eigenvalue weighted by Crippen LogP contribution is 2.32. The Balaban J connectivity index is 1.71. The summed E-state index contributed by atoms with van der Waals surface area (Å²) in [5.74, 6) is 0.112. The number of fused-ring (bicyclic) bond motifs is 2. The molecule has 3 aromatic rings. The van der Waals surface area contributed by atoms with Crippen molar-refractivity contribution in [1.29, 1.82) is 0 Å². The van der Waals surface area contributed by atoms with Crippen LogP contribution < -0.4 is 0 Å². The average Bonchev–Trinajstić information content (AvgIpc) is 2.99. The SMILES string of the molecule is CC(C)(C)[C@H]1Cc2ccccc2CCN1C(=O)c1ccc2[nH]ncc2c1. The Bertz CT molecular complexity index is 951. The molecule has 1 aliphatic rings. The Morgan fingerprint density at radius 2 is 1.92 bits per heavy atom. The first-order chi connectivity index (χ1) is 12.4. The summed E-state index contributed by atoms with van der Waals surface area (Å²) < 4.78 is 0. The number of aromatic nitrogens is 2. The number of nitrogens with one attached hydrogen (secondary N) is 1. The van der Waals surface area contributed by atoms with Crippen LogP contribution in [0.25, 0.3) is 10.9 Å². The lowest BCUT2D eigenvalue weighted by atomic mass is 9.81. The van der Waals surface area contributed by atoms with Crippen LogP contribution in [0.5, 0.6) is 0 Å². The van der Waals surface area contributed by atoms with Crippen molar-refractivity contribution in [2.75, 3.05) is 6.54 Å². The number of amides is 1. The van der Waals surface area contributed by atoms with Gasteiger partial charge in [0.1, 0.15) is 0 Å². The normalized spacial score (nSPS) is 17.8. The van der Waals surface area contributed by atoms with Crippen molar-refractivity contribution in [3.8, 4) is 0 Å². The second-order valence-corrected chi connectivity index (χ2v) is 8.28. The number of rotatable bonds is 1. The first-order valence-electron chi connectivity index (χ1n) is 9.24. The zero-order chi connectivity index (χ0) is 18.3. The zero-order valence-corrected chi connectivity index (χ0v) is 15.6. The largest absolute Gasteiger partial charge is 0.334 e. The number of H-pyrrole nitrogens is 1. The van der Waals surface area contributed by atoms with E-state index in [4.69, 9.17) is 0 Å². The first-order valence-corrected chi connectivity index (χ1v) is 9.24. The van der Waals surface area contributed by atoms with Crippen molar-refractivity contribution in [1.82, 2.24) is 15.1 Å². The predicted octanol–water partition coefficient (Wildman–Crippen LogP) is 4.22. The van der Waals surface area contributed by atoms with E-state index in [0.717, 1.165) is 35.9 Å². The van der Waals surface area contributed by atoms with Gasteiger partial charge in [0, 0.05) is 23.5 Å². The van der Waals surface area contributed by atoms with Gasteiger partial charge in [-0.1, -0.05) is 45.0 Å². The fourth-order valence-corrected chi connectivity index (χ4v) is 3.97. The Morgan fingerprint density at radius 3 is 2.69 bits per heavy atom. The molecule has 0 saturated carbocycles. The summed E-state index contributed by atoms with van der Waals surface area (Å²) in [7, 11) is 0. The number of aromatic amines is 1. The quantitative estimate of drug-likeness (QED) is 0.716. The van der Waals surface area contributed by atoms with Gasteiger partial charge in [-0.15, -0.1) is 0 Å². The minimum absolute atomic E-state index is 0.00680. The molecule has 0 fully saturated rings. The standard InChI is InChI=1S/C22H25N3O/c1-22(2,3)20-13-16-7-5-4-6-15(16)10-11-25(20)21(26)17-8-9-19-18(12-17)14-23-24-19/h4-9,12,14,20H,10-11,13H2,1-3H3,(H,23,24)/t20-/m1/s1. The summed E-state index contributed by atoms with van der Waals surface area (Å²) >= 11 is 0. The van der Waals surface area contributed by atoms with Crippen molar-refractivity contribution < 1.29 is 4.79 Å². The molecule has 1 aliphatic heterocycles. The molecule has 4 rings (SSSR count). The highest BCUT2D eigenvalue weighted by molar-refractivity contribution is 5.98. The van der Waals surface area contributed by atoms with E-state index in [9.17, 15) is 4.79 Å². The van der Waals surface area contributed by atoms with E-state index < -0.39 is 0 Å². The molecule has 1 aromatic heterocycles. The molecule has 0 bridgehead atoms. The van der Waals surface area contributed by atoms with Crippen molar-refractivity contribution in [3.63, 3.8) is 0 Å². The van der Waals surface area contributed by atoms with Gasteiger partial charge >= 0.3 is 0 Å². The van der Waals surface area contributed by atoms with E-state index in [-0.39, 0.29) is 17.4 Å². The lowest BCUT2D eigenvalue weighted by Crippen LogP contribution is -2.48. The summed E-state index contributed by atoms with van der Waals surface area (Å²) in [6.07, 6.45) is 3.58. The molecule has 0 radical (unpaired) electrons. The molecule has 1 N–H and O–H groups in total. The van der Waals surface area contributed by atoms with Crippen molar-refractivity contribution >= 4 is 16.8 Å². The van der Waals surface area contributed by atoms with Gasteiger partial charge in [0.25, 0.3) is 5.91 Å². The van der Waals surface area contributed by atoms with Gasteiger partial charge in [-0.2, -0.15) is 5.10 Å². The molecular weight excluding hydrogens is 322 g/mol. The third-order valence-electron chi connectivity index (χ3n) is 5.48. The maximum Gasteiger partial charge on any atom is 0.254 e. The Hall–Kier alpha value is -2.62. The molecule has 4 nitrogen and oxygen atoms in total. The molecule has 26 heavy (non-hydrogen) atoms. The van der Waals surface area contributed by atoms with Crippen LogP contribution in [0.3, 0.4) is 0 Å². The topological polar surface area (TPSA) is 49.0 Å². The lowest BCUT2D eigenvalue weighted by molar-refractivity contribution is 0.0532. The molecule has 134 valence electrons. The second-order valence-electron chi connectivity index (χ2n) is 8.28. The van der Waals surface area contributed by atoms with Crippen molar-refractivity contribution in [2.24, 2.45) is 5.41 Å². The predicted molar refractivity (Wildman–Crippen MR) is 104 cm³/mol. The number of carbonyl (C=O) groups is 1. The first kappa shape index (κ1) is 16.8. The molecule has 2 heterocycles. The van der Waals surface area contributed by atoms with Crippen LogP contribution >= 0.6 is 0 Å². The zero-order valence-electron chi connectivity index (χ0n) is 15.6. The van der Waals surface area contributed by atoms with Crippen molar-refractivity contribution in [2.45, 2.75) is 39.7 Å². The van der Waals surface area contributed by atoms with E-state index in [1.54, 1.807) is 6.20 Å². The van der Waals surface area contributed by atoms with Gasteiger partial charge in [0.2, 0.25) is 0 Å². The average molecular weight is 347 g/mol.